The number of hydrogen-bond acceptors (Lipinski definition) is 4. The number of benzene rings is 1. The Morgan fingerprint density at radius 2 is 1.81 bits per heavy atom. The lowest BCUT2D eigenvalue weighted by molar-refractivity contribution is -0.137. The van der Waals surface area contributed by atoms with Crippen molar-refractivity contribution in [3.8, 4) is 0 Å². The number of alkyl halides is 3. The minimum atomic E-state index is -4.66. The van der Waals surface area contributed by atoms with Crippen LogP contribution in [0.3, 0.4) is 0 Å². The van der Waals surface area contributed by atoms with Gasteiger partial charge >= 0.3 is 6.18 Å². The van der Waals surface area contributed by atoms with Gasteiger partial charge in [-0.15, -0.1) is 0 Å². The summed E-state index contributed by atoms with van der Waals surface area (Å²) >= 11 is 0. The van der Waals surface area contributed by atoms with Crippen LogP contribution in [0.25, 0.3) is 0 Å². The van der Waals surface area contributed by atoms with Crippen LogP contribution < -0.4 is 10.5 Å². The van der Waals surface area contributed by atoms with E-state index in [-0.39, 0.29) is 23.6 Å². The third-order valence-electron chi connectivity index (χ3n) is 4.07. The summed E-state index contributed by atoms with van der Waals surface area (Å²) in [5, 5.41) is 0. The quantitative estimate of drug-likeness (QED) is 0.632. The summed E-state index contributed by atoms with van der Waals surface area (Å²) < 4.78 is 52.4. The Labute approximate surface area is 153 Å². The van der Waals surface area contributed by atoms with Gasteiger partial charge in [0.2, 0.25) is 5.95 Å². The molecule has 1 aromatic heterocycles. The largest absolute Gasteiger partial charge is 0.416 e. The number of nitrogens with one attached hydrogen (secondary N) is 1. The Morgan fingerprint density at radius 3 is 2.33 bits per heavy atom. The zero-order valence-electron chi connectivity index (χ0n) is 15.2. The Balaban J connectivity index is 2.33. The van der Waals surface area contributed by atoms with Gasteiger partial charge in [0.15, 0.2) is 5.78 Å². The van der Waals surface area contributed by atoms with Gasteiger partial charge in [-0.05, 0) is 23.1 Å². The van der Waals surface area contributed by atoms with E-state index in [9.17, 15) is 27.2 Å². The molecular formula is C18H19F4N3O2. The van der Waals surface area contributed by atoms with Crippen LogP contribution in [0.4, 0.5) is 23.5 Å². The Morgan fingerprint density at radius 1 is 1.19 bits per heavy atom. The maximum absolute atomic E-state index is 14.3. The van der Waals surface area contributed by atoms with Gasteiger partial charge in [-0.25, -0.2) is 9.37 Å². The molecule has 0 saturated heterocycles. The smallest absolute Gasteiger partial charge is 0.348 e. The molecule has 0 aliphatic heterocycles. The fraction of sp³-hybridized carbons (Fsp3) is 0.389. The number of rotatable bonds is 5. The number of ketones is 1. The lowest BCUT2D eigenvalue weighted by Gasteiger charge is -2.25. The average Bonchev–Trinajstić information content (AvgIpc) is 2.52. The number of H-pyrrole nitrogens is 1. The lowest BCUT2D eigenvalue weighted by atomic mass is 9.79. The van der Waals surface area contributed by atoms with E-state index in [4.69, 9.17) is 0 Å². The number of aromatic amines is 1. The average molecular weight is 385 g/mol. The second kappa shape index (κ2) is 7.13. The number of carbonyl (C=O) groups is 1. The van der Waals surface area contributed by atoms with Crippen LogP contribution >= 0.6 is 0 Å². The van der Waals surface area contributed by atoms with E-state index in [1.54, 1.807) is 14.1 Å². The van der Waals surface area contributed by atoms with Crippen LogP contribution in [0.1, 0.15) is 41.9 Å². The fourth-order valence-electron chi connectivity index (χ4n) is 2.63. The molecular weight excluding hydrogens is 366 g/mol. The van der Waals surface area contributed by atoms with E-state index < -0.39 is 34.3 Å². The van der Waals surface area contributed by atoms with E-state index in [0.29, 0.717) is 6.07 Å². The summed E-state index contributed by atoms with van der Waals surface area (Å²) in [5.41, 5.74) is -2.84. The molecule has 2 rings (SSSR count). The van der Waals surface area contributed by atoms with E-state index in [1.165, 1.54) is 18.7 Å². The number of anilines is 1. The van der Waals surface area contributed by atoms with Crippen LogP contribution in [-0.4, -0.2) is 29.8 Å². The molecule has 146 valence electrons. The first-order valence-corrected chi connectivity index (χ1v) is 8.00. The molecule has 0 amide bonds. The van der Waals surface area contributed by atoms with Crippen molar-refractivity contribution in [1.29, 1.82) is 0 Å². The van der Waals surface area contributed by atoms with Gasteiger partial charge in [0, 0.05) is 26.6 Å². The number of carbonyl (C=O) groups excluding carboxylic acids is 1. The first kappa shape index (κ1) is 20.6. The molecule has 0 fully saturated rings. The van der Waals surface area contributed by atoms with Gasteiger partial charge in [-0.3, -0.25) is 14.6 Å². The number of halogens is 4. The molecule has 0 aliphatic carbocycles. The van der Waals surface area contributed by atoms with Gasteiger partial charge in [0.1, 0.15) is 11.5 Å². The first-order chi connectivity index (χ1) is 12.3. The molecule has 9 heteroatoms. The van der Waals surface area contributed by atoms with Crippen molar-refractivity contribution in [1.82, 2.24) is 9.97 Å². The van der Waals surface area contributed by atoms with E-state index >= 15 is 0 Å². The van der Waals surface area contributed by atoms with Gasteiger partial charge in [0.25, 0.3) is 5.56 Å². The predicted octanol–water partition coefficient (Wildman–Crippen LogP) is 3.54. The SMILES string of the molecule is CN(C)c1nc(C(=O)CC(C)(C)c2ccc(C(F)(F)F)cc2F)cc(=O)[nH]1. The first-order valence-electron chi connectivity index (χ1n) is 8.00. The van der Waals surface area contributed by atoms with E-state index in [2.05, 4.69) is 9.97 Å². The monoisotopic (exact) mass is 385 g/mol. The van der Waals surface area contributed by atoms with Gasteiger partial charge in [-0.2, -0.15) is 13.2 Å². The zero-order chi connectivity index (χ0) is 20.6. The summed E-state index contributed by atoms with van der Waals surface area (Å²) in [7, 11) is 3.27. The van der Waals surface area contributed by atoms with Crippen molar-refractivity contribution < 1.29 is 22.4 Å². The molecule has 1 N–H and O–H groups in total. The molecule has 27 heavy (non-hydrogen) atoms. The normalized spacial score (nSPS) is 12.1. The molecule has 0 spiro atoms. The third-order valence-corrected chi connectivity index (χ3v) is 4.07. The summed E-state index contributed by atoms with van der Waals surface area (Å²) in [6.45, 7) is 3.08. The highest BCUT2D eigenvalue weighted by molar-refractivity contribution is 5.95. The predicted molar refractivity (Wildman–Crippen MR) is 92.6 cm³/mol. The molecule has 0 bridgehead atoms. The fourth-order valence-corrected chi connectivity index (χ4v) is 2.63. The van der Waals surface area contributed by atoms with Crippen LogP contribution in [0, 0.1) is 5.82 Å². The summed E-state index contributed by atoms with van der Waals surface area (Å²) in [5.74, 6) is -1.38. The van der Waals surface area contributed by atoms with Crippen LogP contribution in [0.5, 0.6) is 0 Å². The zero-order valence-corrected chi connectivity index (χ0v) is 15.2. The maximum Gasteiger partial charge on any atom is 0.416 e. The van der Waals surface area contributed by atoms with Crippen LogP contribution in [0.2, 0.25) is 0 Å². The van der Waals surface area contributed by atoms with Gasteiger partial charge < -0.3 is 4.90 Å². The molecule has 1 aromatic carbocycles. The molecule has 0 saturated carbocycles. The van der Waals surface area contributed by atoms with Gasteiger partial charge in [0.05, 0.1) is 5.56 Å². The van der Waals surface area contributed by atoms with Gasteiger partial charge in [-0.1, -0.05) is 19.9 Å². The topological polar surface area (TPSA) is 66.1 Å². The minimum Gasteiger partial charge on any atom is -0.348 e. The summed E-state index contributed by atoms with van der Waals surface area (Å²) in [6, 6.07) is 3.26. The Kier molecular flexibility index (Phi) is 5.44. The van der Waals surface area contributed by atoms with Crippen LogP contribution in [0.15, 0.2) is 29.1 Å². The van der Waals surface area contributed by atoms with E-state index in [1.807, 2.05) is 0 Å². The molecule has 0 aliphatic rings. The minimum absolute atomic E-state index is 0.0264. The summed E-state index contributed by atoms with van der Waals surface area (Å²) in [4.78, 5) is 32.3. The Hall–Kier alpha value is -2.71. The standard InChI is InChI=1S/C18H19F4N3O2/c1-17(2,11-6-5-10(7-12(11)19)18(20,21)22)9-14(26)13-8-15(27)24-16(23-13)25(3)4/h5-8H,9H2,1-4H3,(H,23,24,27). The molecule has 0 radical (unpaired) electrons. The third kappa shape index (κ3) is 4.72. The molecule has 1 heterocycles. The van der Waals surface area contributed by atoms with Crippen molar-refractivity contribution in [3.05, 3.63) is 57.3 Å². The highest BCUT2D eigenvalue weighted by atomic mass is 19.4. The number of Topliss-reactive ketones (excluding diaryl/α,β-unsaturated/α-hetero) is 1. The van der Waals surface area contributed by atoms with Crippen molar-refractivity contribution in [2.75, 3.05) is 19.0 Å². The summed E-state index contributed by atoms with van der Waals surface area (Å²) in [6.07, 6.45) is -4.89. The molecule has 0 atom stereocenters. The molecule has 5 nitrogen and oxygen atoms in total. The van der Waals surface area contributed by atoms with Crippen molar-refractivity contribution >= 4 is 11.7 Å². The molecule has 2 aromatic rings. The second-order valence-electron chi connectivity index (χ2n) is 7.02. The Bertz CT molecular complexity index is 918. The number of nitrogens with zero attached hydrogens (tertiary/aromatic N) is 2. The van der Waals surface area contributed by atoms with Crippen molar-refractivity contribution in [2.24, 2.45) is 0 Å². The highest BCUT2D eigenvalue weighted by Crippen LogP contribution is 2.35. The highest BCUT2D eigenvalue weighted by Gasteiger charge is 2.34. The number of hydrogen-bond donors (Lipinski definition) is 1. The molecule has 0 unspecified atom stereocenters. The second-order valence-corrected chi connectivity index (χ2v) is 7.02. The van der Waals surface area contributed by atoms with Crippen LogP contribution in [-0.2, 0) is 11.6 Å². The van der Waals surface area contributed by atoms with E-state index in [0.717, 1.165) is 18.2 Å². The lowest BCUT2D eigenvalue weighted by Crippen LogP contribution is -2.26. The van der Waals surface area contributed by atoms with Crippen molar-refractivity contribution in [2.45, 2.75) is 31.9 Å². The number of aromatic nitrogens is 2. The van der Waals surface area contributed by atoms with Crippen molar-refractivity contribution in [3.63, 3.8) is 0 Å². The maximum atomic E-state index is 14.3.